The van der Waals surface area contributed by atoms with Crippen molar-refractivity contribution in [3.63, 3.8) is 0 Å². The molecule has 1 saturated heterocycles. The summed E-state index contributed by atoms with van der Waals surface area (Å²) in [6.45, 7) is 3.22. The Morgan fingerprint density at radius 3 is 3.05 bits per heavy atom. The summed E-state index contributed by atoms with van der Waals surface area (Å²) in [7, 11) is 0. The number of hydrogen-bond donors (Lipinski definition) is 1. The molecule has 1 unspecified atom stereocenters. The summed E-state index contributed by atoms with van der Waals surface area (Å²) in [5.41, 5.74) is 7.46. The van der Waals surface area contributed by atoms with Crippen molar-refractivity contribution in [1.29, 1.82) is 0 Å². The molecule has 1 amide bonds. The summed E-state index contributed by atoms with van der Waals surface area (Å²) in [5, 5.41) is 1.53. The summed E-state index contributed by atoms with van der Waals surface area (Å²) in [6, 6.07) is 5.45. The Morgan fingerprint density at radius 1 is 1.50 bits per heavy atom. The fraction of sp³-hybridized carbons (Fsp3) is 0.400. The van der Waals surface area contributed by atoms with Crippen LogP contribution in [0.25, 0.3) is 11.0 Å². The summed E-state index contributed by atoms with van der Waals surface area (Å²) in [5.74, 6) is 0.321. The van der Waals surface area contributed by atoms with Crippen LogP contribution in [0.4, 0.5) is 0 Å². The Morgan fingerprint density at radius 2 is 2.30 bits per heavy atom. The first kappa shape index (κ1) is 13.5. The number of benzene rings is 1. The molecule has 1 aliphatic heterocycles. The largest absolute Gasteiger partial charge is 0.451 e. The van der Waals surface area contributed by atoms with E-state index in [4.69, 9.17) is 21.8 Å². The highest BCUT2D eigenvalue weighted by atomic mass is 35.5. The zero-order chi connectivity index (χ0) is 14.3. The van der Waals surface area contributed by atoms with E-state index in [2.05, 4.69) is 0 Å². The number of piperidine rings is 1. The summed E-state index contributed by atoms with van der Waals surface area (Å²) in [6.07, 6.45) is 1.91. The van der Waals surface area contributed by atoms with E-state index in [0.29, 0.717) is 22.9 Å². The summed E-state index contributed by atoms with van der Waals surface area (Å²) < 4.78 is 5.71. The van der Waals surface area contributed by atoms with Crippen LogP contribution in [0.3, 0.4) is 0 Å². The molecule has 1 atom stereocenters. The monoisotopic (exact) mass is 292 g/mol. The zero-order valence-corrected chi connectivity index (χ0v) is 12.1. The van der Waals surface area contributed by atoms with Crippen molar-refractivity contribution >= 4 is 28.5 Å². The minimum Gasteiger partial charge on any atom is -0.451 e. The number of carbonyl (C=O) groups is 1. The highest BCUT2D eigenvalue weighted by Gasteiger charge is 2.26. The van der Waals surface area contributed by atoms with Crippen molar-refractivity contribution in [3.8, 4) is 0 Å². The maximum atomic E-state index is 12.6. The van der Waals surface area contributed by atoms with E-state index < -0.39 is 0 Å². The zero-order valence-electron chi connectivity index (χ0n) is 11.4. The molecule has 1 aromatic heterocycles. The number of aryl methyl sites for hydroxylation is 1. The van der Waals surface area contributed by atoms with Crippen LogP contribution in [0.1, 0.15) is 29.0 Å². The van der Waals surface area contributed by atoms with Crippen LogP contribution in [0.2, 0.25) is 5.02 Å². The van der Waals surface area contributed by atoms with E-state index in [0.717, 1.165) is 30.3 Å². The molecule has 0 spiro atoms. The van der Waals surface area contributed by atoms with Crippen LogP contribution in [0.5, 0.6) is 0 Å². The van der Waals surface area contributed by atoms with Gasteiger partial charge < -0.3 is 15.1 Å². The fourth-order valence-corrected chi connectivity index (χ4v) is 2.91. The Labute approximate surface area is 122 Å². The average Bonchev–Trinajstić information content (AvgIpc) is 2.75. The second kappa shape index (κ2) is 5.11. The number of furan rings is 1. The predicted molar refractivity (Wildman–Crippen MR) is 79.1 cm³/mol. The van der Waals surface area contributed by atoms with Crippen LogP contribution in [0, 0.1) is 6.92 Å². The fourth-order valence-electron chi connectivity index (χ4n) is 2.74. The minimum atomic E-state index is -0.0787. The average molecular weight is 293 g/mol. The molecule has 2 aromatic rings. The first-order valence-electron chi connectivity index (χ1n) is 6.80. The molecule has 3 rings (SSSR count). The molecule has 1 aliphatic rings. The highest BCUT2D eigenvalue weighted by Crippen LogP contribution is 2.29. The Hall–Kier alpha value is -1.52. The number of nitrogens with two attached hydrogens (primary N) is 1. The van der Waals surface area contributed by atoms with Crippen molar-refractivity contribution in [1.82, 2.24) is 4.90 Å². The summed E-state index contributed by atoms with van der Waals surface area (Å²) >= 11 is 5.99. The van der Waals surface area contributed by atoms with Gasteiger partial charge >= 0.3 is 0 Å². The lowest BCUT2D eigenvalue weighted by Gasteiger charge is -2.30. The molecule has 5 heteroatoms. The third kappa shape index (κ3) is 2.30. The number of halogens is 1. The lowest BCUT2D eigenvalue weighted by molar-refractivity contribution is 0.0678. The van der Waals surface area contributed by atoms with Crippen molar-refractivity contribution < 1.29 is 9.21 Å². The number of fused-ring (bicyclic) bond motifs is 1. The molecule has 2 heterocycles. The van der Waals surface area contributed by atoms with Gasteiger partial charge in [0, 0.05) is 35.1 Å². The molecular formula is C15H17ClN2O2. The Balaban J connectivity index is 1.97. The lowest BCUT2D eigenvalue weighted by atomic mass is 10.1. The van der Waals surface area contributed by atoms with Gasteiger partial charge in [0.15, 0.2) is 5.76 Å². The maximum Gasteiger partial charge on any atom is 0.289 e. The molecule has 2 N–H and O–H groups in total. The molecular weight excluding hydrogens is 276 g/mol. The first-order valence-corrected chi connectivity index (χ1v) is 7.17. The van der Waals surface area contributed by atoms with Gasteiger partial charge in [-0.3, -0.25) is 4.79 Å². The SMILES string of the molecule is Cc1c(C(=O)N2CCCC(N)C2)oc2ccc(Cl)cc12. The van der Waals surface area contributed by atoms with Crippen molar-refractivity contribution in [3.05, 3.63) is 34.5 Å². The van der Waals surface area contributed by atoms with Crippen LogP contribution < -0.4 is 5.73 Å². The second-order valence-electron chi connectivity index (χ2n) is 5.35. The third-order valence-electron chi connectivity index (χ3n) is 3.84. The van der Waals surface area contributed by atoms with Crippen LogP contribution in [-0.2, 0) is 0 Å². The van der Waals surface area contributed by atoms with E-state index in [9.17, 15) is 4.79 Å². The Bertz CT molecular complexity index is 665. The van der Waals surface area contributed by atoms with Gasteiger partial charge in [0.05, 0.1) is 0 Å². The molecule has 20 heavy (non-hydrogen) atoms. The van der Waals surface area contributed by atoms with Gasteiger partial charge in [0.1, 0.15) is 5.58 Å². The van der Waals surface area contributed by atoms with E-state index in [1.807, 2.05) is 13.0 Å². The van der Waals surface area contributed by atoms with Gasteiger partial charge in [-0.1, -0.05) is 11.6 Å². The van der Waals surface area contributed by atoms with Crippen molar-refractivity contribution in [2.75, 3.05) is 13.1 Å². The van der Waals surface area contributed by atoms with Crippen LogP contribution in [0.15, 0.2) is 22.6 Å². The van der Waals surface area contributed by atoms with Gasteiger partial charge in [-0.05, 0) is 38.0 Å². The smallest absolute Gasteiger partial charge is 0.289 e. The quantitative estimate of drug-likeness (QED) is 0.879. The Kier molecular flexibility index (Phi) is 3.44. The molecule has 0 saturated carbocycles. The van der Waals surface area contributed by atoms with E-state index in [-0.39, 0.29) is 11.9 Å². The molecule has 106 valence electrons. The van der Waals surface area contributed by atoms with Gasteiger partial charge in [-0.15, -0.1) is 0 Å². The van der Waals surface area contributed by atoms with Gasteiger partial charge in [-0.25, -0.2) is 0 Å². The van der Waals surface area contributed by atoms with Crippen LogP contribution >= 0.6 is 11.6 Å². The highest BCUT2D eigenvalue weighted by molar-refractivity contribution is 6.31. The molecule has 0 bridgehead atoms. The van der Waals surface area contributed by atoms with Crippen LogP contribution in [-0.4, -0.2) is 29.9 Å². The van der Waals surface area contributed by atoms with E-state index in [1.165, 1.54) is 0 Å². The van der Waals surface area contributed by atoms with Gasteiger partial charge in [-0.2, -0.15) is 0 Å². The second-order valence-corrected chi connectivity index (χ2v) is 5.79. The van der Waals surface area contributed by atoms with E-state index in [1.54, 1.807) is 17.0 Å². The minimum absolute atomic E-state index is 0.0619. The van der Waals surface area contributed by atoms with Gasteiger partial charge in [0.25, 0.3) is 5.91 Å². The maximum absolute atomic E-state index is 12.6. The lowest BCUT2D eigenvalue weighted by Crippen LogP contribution is -2.45. The molecule has 4 nitrogen and oxygen atoms in total. The molecule has 1 aromatic carbocycles. The number of carbonyl (C=O) groups excluding carboxylic acids is 1. The third-order valence-corrected chi connectivity index (χ3v) is 4.07. The van der Waals surface area contributed by atoms with E-state index >= 15 is 0 Å². The molecule has 0 aliphatic carbocycles. The molecule has 1 fully saturated rings. The van der Waals surface area contributed by atoms with Crippen molar-refractivity contribution in [2.45, 2.75) is 25.8 Å². The standard InChI is InChI=1S/C15H17ClN2O2/c1-9-12-7-10(16)4-5-13(12)20-14(9)15(19)18-6-2-3-11(17)8-18/h4-5,7,11H,2-3,6,8,17H2,1H3. The molecule has 0 radical (unpaired) electrons. The summed E-state index contributed by atoms with van der Waals surface area (Å²) in [4.78, 5) is 14.3. The normalized spacial score (nSPS) is 19.6. The number of hydrogen-bond acceptors (Lipinski definition) is 3. The van der Waals surface area contributed by atoms with Crippen molar-refractivity contribution in [2.24, 2.45) is 5.73 Å². The number of likely N-dealkylation sites (tertiary alicyclic amines) is 1. The first-order chi connectivity index (χ1) is 9.56. The predicted octanol–water partition coefficient (Wildman–Crippen LogP) is 2.96. The topological polar surface area (TPSA) is 59.5 Å². The number of rotatable bonds is 1. The number of nitrogens with zero attached hydrogens (tertiary/aromatic N) is 1. The van der Waals surface area contributed by atoms with Gasteiger partial charge in [0.2, 0.25) is 0 Å². The number of amides is 1.